The van der Waals surface area contributed by atoms with Gasteiger partial charge in [-0.05, 0) is 6.92 Å². The van der Waals surface area contributed by atoms with Crippen LogP contribution in [0, 0.1) is 0 Å². The Labute approximate surface area is 123 Å². The zero-order chi connectivity index (χ0) is 15.6. The first-order valence-electron chi connectivity index (χ1n) is 6.69. The summed E-state index contributed by atoms with van der Waals surface area (Å²) in [5, 5.41) is 0. The molecule has 6 nitrogen and oxygen atoms in total. The van der Waals surface area contributed by atoms with Gasteiger partial charge in [0.1, 0.15) is 0 Å². The summed E-state index contributed by atoms with van der Waals surface area (Å²) in [6.45, 7) is 7.51. The molecule has 7 heteroatoms. The van der Waals surface area contributed by atoms with E-state index in [1.165, 1.54) is 6.08 Å². The van der Waals surface area contributed by atoms with E-state index in [9.17, 15) is 4.79 Å². The van der Waals surface area contributed by atoms with Crippen LogP contribution in [0.4, 0.5) is 0 Å². The minimum Gasteiger partial charge on any atom is -0.412 e. The molecule has 0 heterocycles. The number of hydrogen-bond acceptors (Lipinski definition) is 5. The van der Waals surface area contributed by atoms with Crippen molar-refractivity contribution >= 4 is 14.8 Å². The van der Waals surface area contributed by atoms with E-state index in [-0.39, 0.29) is 0 Å². The van der Waals surface area contributed by atoms with Crippen molar-refractivity contribution in [3.8, 4) is 0 Å². The molecule has 0 aliphatic heterocycles. The monoisotopic (exact) mass is 306 g/mol. The van der Waals surface area contributed by atoms with E-state index in [1.54, 1.807) is 21.3 Å². The average Bonchev–Trinajstić information content (AvgIpc) is 2.49. The Hall–Kier alpha value is -0.733. The van der Waals surface area contributed by atoms with Crippen molar-refractivity contribution in [2.75, 3.05) is 48.2 Å². The lowest BCUT2D eigenvalue weighted by atomic mass is 10.3. The average molecular weight is 306 g/mol. The van der Waals surface area contributed by atoms with Gasteiger partial charge in [0, 0.05) is 39.9 Å². The molecule has 0 saturated heterocycles. The lowest BCUT2D eigenvalue weighted by molar-refractivity contribution is -0.924. The Bertz CT molecular complexity index is 301. The van der Waals surface area contributed by atoms with E-state index < -0.39 is 14.8 Å². The van der Waals surface area contributed by atoms with Crippen molar-refractivity contribution in [3.05, 3.63) is 12.7 Å². The quantitative estimate of drug-likeness (QED) is 0.190. The predicted octanol–water partition coefficient (Wildman–Crippen LogP) is 1.41. The molecule has 1 atom stereocenters. The Kier molecular flexibility index (Phi) is 8.91. The van der Waals surface area contributed by atoms with Crippen LogP contribution in [-0.2, 0) is 22.8 Å². The summed E-state index contributed by atoms with van der Waals surface area (Å²) in [5.74, 6) is -0.391. The van der Waals surface area contributed by atoms with E-state index in [1.807, 2.05) is 7.05 Å². The molecule has 1 unspecified atom stereocenters. The van der Waals surface area contributed by atoms with E-state index >= 15 is 0 Å². The first-order chi connectivity index (χ1) is 9.40. The van der Waals surface area contributed by atoms with Gasteiger partial charge in [-0.3, -0.25) is 4.48 Å². The molecule has 0 radical (unpaired) electrons. The molecule has 0 aromatic heterocycles. The summed E-state index contributed by atoms with van der Waals surface area (Å²) >= 11 is 0. The number of esters is 1. The number of hydrogen-bond donors (Lipinski definition) is 0. The molecular weight excluding hydrogens is 278 g/mol. The van der Waals surface area contributed by atoms with Gasteiger partial charge >= 0.3 is 14.8 Å². The molecule has 0 bridgehead atoms. The Morgan fingerprint density at radius 1 is 1.25 bits per heavy atom. The smallest absolute Gasteiger partial charge is 0.412 e. The predicted molar refractivity (Wildman–Crippen MR) is 79.0 cm³/mol. The molecule has 20 heavy (non-hydrogen) atoms. The van der Waals surface area contributed by atoms with E-state index in [2.05, 4.69) is 13.5 Å². The second-order valence-corrected chi connectivity index (χ2v) is 7.95. The number of quaternary nitrogens is 1. The Morgan fingerprint density at radius 2 is 1.80 bits per heavy atom. The third kappa shape index (κ3) is 6.15. The third-order valence-corrected chi connectivity index (χ3v) is 6.39. The van der Waals surface area contributed by atoms with E-state index in [4.69, 9.17) is 18.0 Å². The minimum absolute atomic E-state index is 0.336. The Balaban J connectivity index is 4.35. The summed E-state index contributed by atoms with van der Waals surface area (Å²) in [5.41, 5.74) is 0. The first-order valence-corrected chi connectivity index (χ1v) is 8.62. The lowest BCUT2D eigenvalue weighted by Gasteiger charge is -2.33. The topological polar surface area (TPSA) is 54.0 Å². The van der Waals surface area contributed by atoms with Crippen LogP contribution in [0.3, 0.4) is 0 Å². The molecule has 0 aliphatic rings. The van der Waals surface area contributed by atoms with Crippen molar-refractivity contribution in [1.29, 1.82) is 0 Å². The fourth-order valence-corrected chi connectivity index (χ4v) is 3.53. The van der Waals surface area contributed by atoms with Crippen LogP contribution >= 0.6 is 0 Å². The highest BCUT2D eigenvalue weighted by atomic mass is 28.4. The van der Waals surface area contributed by atoms with E-state index in [0.717, 1.165) is 25.6 Å². The fraction of sp³-hybridized carbons (Fsp3) is 0.769. The number of carbonyl (C=O) groups is 1. The normalized spacial score (nSPS) is 14.7. The molecule has 0 spiro atoms. The molecular formula is C13H28NO5Si+. The van der Waals surface area contributed by atoms with Crippen molar-refractivity contribution in [3.63, 3.8) is 0 Å². The maximum Gasteiger partial charge on any atom is 0.500 e. The summed E-state index contributed by atoms with van der Waals surface area (Å²) in [4.78, 5) is 11.1. The van der Waals surface area contributed by atoms with Crippen LogP contribution in [0.15, 0.2) is 12.7 Å². The van der Waals surface area contributed by atoms with Gasteiger partial charge in [0.2, 0.25) is 6.73 Å². The fourth-order valence-electron chi connectivity index (χ4n) is 1.83. The van der Waals surface area contributed by atoms with Crippen LogP contribution in [0.25, 0.3) is 0 Å². The number of nitrogens with zero attached hydrogens (tertiary/aromatic N) is 1. The van der Waals surface area contributed by atoms with Crippen molar-refractivity contribution in [1.82, 2.24) is 0 Å². The van der Waals surface area contributed by atoms with Gasteiger partial charge in [0.15, 0.2) is 0 Å². The van der Waals surface area contributed by atoms with Gasteiger partial charge in [-0.15, -0.1) is 0 Å². The zero-order valence-corrected chi connectivity index (χ0v) is 14.3. The zero-order valence-electron chi connectivity index (χ0n) is 13.3. The van der Waals surface area contributed by atoms with Gasteiger partial charge < -0.3 is 18.0 Å². The molecule has 0 N–H and O–H groups in total. The van der Waals surface area contributed by atoms with Crippen molar-refractivity contribution in [2.45, 2.75) is 19.4 Å². The highest BCUT2D eigenvalue weighted by molar-refractivity contribution is 6.60. The van der Waals surface area contributed by atoms with Crippen molar-refractivity contribution in [2.24, 2.45) is 0 Å². The maximum atomic E-state index is 11.1. The van der Waals surface area contributed by atoms with Gasteiger partial charge in [-0.2, -0.15) is 0 Å². The summed E-state index contributed by atoms with van der Waals surface area (Å²) in [7, 11) is 4.36. The van der Waals surface area contributed by atoms with Crippen LogP contribution in [0.2, 0.25) is 6.04 Å². The molecule has 0 saturated carbocycles. The van der Waals surface area contributed by atoms with Crippen LogP contribution in [0.5, 0.6) is 0 Å². The van der Waals surface area contributed by atoms with E-state index in [0.29, 0.717) is 11.2 Å². The Morgan fingerprint density at radius 3 is 2.20 bits per heavy atom. The summed E-state index contributed by atoms with van der Waals surface area (Å²) < 4.78 is 21.9. The number of carbonyl (C=O) groups excluding carboxylic acids is 1. The molecule has 0 aliphatic carbocycles. The highest BCUT2D eigenvalue weighted by Crippen LogP contribution is 2.17. The highest BCUT2D eigenvalue weighted by Gasteiger charge is 2.38. The molecule has 118 valence electrons. The van der Waals surface area contributed by atoms with Crippen LogP contribution < -0.4 is 0 Å². The SMILES string of the molecule is C=CC(=O)OC[N+](C)(CC)CCC[Si](OC)(OC)OC. The first kappa shape index (κ1) is 19.3. The minimum atomic E-state index is -2.52. The van der Waals surface area contributed by atoms with Gasteiger partial charge in [0.05, 0.1) is 20.1 Å². The summed E-state index contributed by atoms with van der Waals surface area (Å²) in [6.07, 6.45) is 2.05. The standard InChI is InChI=1S/C13H28NO5Si/c1-7-13(15)19-12-14(3,8-2)10-9-11-20(16-4,17-5)18-6/h7H,1,8-12H2,2-6H3/q+1. The van der Waals surface area contributed by atoms with Crippen LogP contribution in [0.1, 0.15) is 13.3 Å². The second kappa shape index (κ2) is 9.25. The third-order valence-electron chi connectivity index (χ3n) is 3.56. The number of rotatable bonds is 11. The maximum absolute atomic E-state index is 11.1. The number of ether oxygens (including phenoxy) is 1. The summed E-state index contributed by atoms with van der Waals surface area (Å²) in [6, 6.07) is 0.736. The molecule has 0 rings (SSSR count). The lowest BCUT2D eigenvalue weighted by Crippen LogP contribution is -2.48. The largest absolute Gasteiger partial charge is 0.500 e. The van der Waals surface area contributed by atoms with Gasteiger partial charge in [0.25, 0.3) is 0 Å². The molecule has 0 fully saturated rings. The van der Waals surface area contributed by atoms with Crippen LogP contribution in [-0.4, -0.2) is 67.5 Å². The molecule has 0 amide bonds. The van der Waals surface area contributed by atoms with Gasteiger partial charge in [-0.1, -0.05) is 6.58 Å². The molecule has 0 aromatic carbocycles. The second-order valence-electron chi connectivity index (χ2n) is 4.85. The molecule has 0 aromatic rings. The van der Waals surface area contributed by atoms with Gasteiger partial charge in [-0.25, -0.2) is 4.79 Å². The van der Waals surface area contributed by atoms with Crippen molar-refractivity contribution < 1.29 is 27.3 Å².